The van der Waals surface area contributed by atoms with Crippen LogP contribution in [0.3, 0.4) is 0 Å². The van der Waals surface area contributed by atoms with E-state index in [1.165, 1.54) is 12.8 Å². The number of rotatable bonds is 7. The molecule has 1 amide bonds. The molecule has 1 fully saturated rings. The molecular weight excluding hydrogens is 483 g/mol. The van der Waals surface area contributed by atoms with Gasteiger partial charge in [0.25, 0.3) is 0 Å². The van der Waals surface area contributed by atoms with Crippen molar-refractivity contribution in [3.8, 4) is 0 Å². The van der Waals surface area contributed by atoms with E-state index in [-0.39, 0.29) is 0 Å². The average molecular weight is 517 g/mol. The van der Waals surface area contributed by atoms with E-state index in [1.807, 2.05) is 48.5 Å². The molecule has 4 aromatic rings. The van der Waals surface area contributed by atoms with Gasteiger partial charge in [0, 0.05) is 18.3 Å². The van der Waals surface area contributed by atoms with Gasteiger partial charge < -0.3 is 20.4 Å². The van der Waals surface area contributed by atoms with E-state index < -0.39 is 19.2 Å². The van der Waals surface area contributed by atoms with Crippen molar-refractivity contribution in [2.75, 3.05) is 5.32 Å². The summed E-state index contributed by atoms with van der Waals surface area (Å²) in [7, 11) is -4.83. The van der Waals surface area contributed by atoms with E-state index in [0.29, 0.717) is 35.1 Å². The minimum absolute atomic E-state index is 0.320. The molecule has 192 valence electrons. The molecule has 0 aliphatic heterocycles. The van der Waals surface area contributed by atoms with Crippen molar-refractivity contribution >= 4 is 40.7 Å². The number of hydrogen-bond donors (Lipinski definition) is 4. The van der Waals surface area contributed by atoms with Crippen LogP contribution < -0.4 is 10.6 Å². The van der Waals surface area contributed by atoms with Crippen LogP contribution in [0.2, 0.25) is 0 Å². The van der Waals surface area contributed by atoms with Crippen LogP contribution in [0.25, 0.3) is 21.5 Å². The standard InChI is InChI=1S/C30H33N2O4P/c1-20-8-6-13-25(16-20)31-19-24-17-22-10-2-3-11-23(22)18-28(24)32-30(33)29(37(34,35)36)27-15-7-12-21-9-4-5-14-26(21)27/h2-5,7,9-12,14-15,17-18,20,25,29,31H,6,8,13,16,19H2,1H3,(H,32,33)(H2,34,35,36). The first-order valence-electron chi connectivity index (χ1n) is 12.9. The lowest BCUT2D eigenvalue weighted by molar-refractivity contribution is -0.116. The summed E-state index contributed by atoms with van der Waals surface area (Å²) in [5, 5.41) is 10.0. The molecular formula is C30H33N2O4P. The topological polar surface area (TPSA) is 98.7 Å². The number of carbonyl (C=O) groups is 1. The number of nitrogens with one attached hydrogen (secondary N) is 2. The van der Waals surface area contributed by atoms with Crippen molar-refractivity contribution < 1.29 is 19.1 Å². The van der Waals surface area contributed by atoms with E-state index in [0.717, 1.165) is 34.6 Å². The first-order chi connectivity index (χ1) is 17.8. The third-order valence-electron chi connectivity index (χ3n) is 7.45. The zero-order chi connectivity index (χ0) is 26.0. The van der Waals surface area contributed by atoms with Gasteiger partial charge in [0.2, 0.25) is 5.91 Å². The van der Waals surface area contributed by atoms with Crippen molar-refractivity contribution in [2.45, 2.75) is 50.9 Å². The summed E-state index contributed by atoms with van der Waals surface area (Å²) < 4.78 is 12.7. The molecule has 4 N–H and O–H groups in total. The third kappa shape index (κ3) is 5.78. The molecule has 3 atom stereocenters. The monoisotopic (exact) mass is 516 g/mol. The predicted octanol–water partition coefficient (Wildman–Crippen LogP) is 6.52. The molecule has 7 heteroatoms. The Morgan fingerprint density at radius 2 is 1.62 bits per heavy atom. The quantitative estimate of drug-likeness (QED) is 0.210. The van der Waals surface area contributed by atoms with E-state index in [4.69, 9.17) is 0 Å². The van der Waals surface area contributed by atoms with Crippen LogP contribution in [-0.4, -0.2) is 21.7 Å². The van der Waals surface area contributed by atoms with Gasteiger partial charge in [-0.2, -0.15) is 0 Å². The van der Waals surface area contributed by atoms with Crippen LogP contribution >= 0.6 is 7.60 Å². The molecule has 1 aliphatic carbocycles. The summed E-state index contributed by atoms with van der Waals surface area (Å²) in [5.41, 5.74) is 0.164. The molecule has 37 heavy (non-hydrogen) atoms. The fourth-order valence-corrected chi connectivity index (χ4v) is 6.55. The van der Waals surface area contributed by atoms with Crippen molar-refractivity contribution in [1.29, 1.82) is 0 Å². The summed E-state index contributed by atoms with van der Waals surface area (Å²) in [4.78, 5) is 34.2. The maximum Gasteiger partial charge on any atom is 0.342 e. The molecule has 1 aliphatic rings. The van der Waals surface area contributed by atoms with E-state index in [2.05, 4.69) is 23.6 Å². The van der Waals surface area contributed by atoms with Gasteiger partial charge in [-0.05, 0) is 63.6 Å². The Hall–Kier alpha value is -3.02. The summed E-state index contributed by atoms with van der Waals surface area (Å²) in [6.45, 7) is 2.84. The van der Waals surface area contributed by atoms with E-state index >= 15 is 0 Å². The van der Waals surface area contributed by atoms with Gasteiger partial charge >= 0.3 is 7.60 Å². The maximum atomic E-state index is 13.6. The largest absolute Gasteiger partial charge is 0.342 e. The van der Waals surface area contributed by atoms with Crippen LogP contribution in [0, 0.1) is 5.92 Å². The second-order valence-corrected chi connectivity index (χ2v) is 11.9. The van der Waals surface area contributed by atoms with Gasteiger partial charge in [0.1, 0.15) is 0 Å². The number of fused-ring (bicyclic) bond motifs is 2. The van der Waals surface area contributed by atoms with Gasteiger partial charge in [0.05, 0.1) is 0 Å². The SMILES string of the molecule is CC1CCCC(NCc2cc3ccccc3cc2NC(=O)C(c2cccc3ccccc23)P(=O)(O)O)C1. The molecule has 5 rings (SSSR count). The minimum Gasteiger partial charge on any atom is -0.325 e. The molecule has 1 saturated carbocycles. The molecule has 4 aromatic carbocycles. The Bertz CT molecular complexity index is 1480. The fraction of sp³-hybridized carbons (Fsp3) is 0.300. The average Bonchev–Trinajstić information content (AvgIpc) is 2.87. The Kier molecular flexibility index (Phi) is 7.45. The van der Waals surface area contributed by atoms with Gasteiger partial charge in [-0.1, -0.05) is 86.5 Å². The van der Waals surface area contributed by atoms with Crippen molar-refractivity contribution in [2.24, 2.45) is 5.92 Å². The first-order valence-corrected chi connectivity index (χ1v) is 14.6. The lowest BCUT2D eigenvalue weighted by atomic mass is 9.87. The molecule has 3 unspecified atom stereocenters. The highest BCUT2D eigenvalue weighted by atomic mass is 31.2. The summed E-state index contributed by atoms with van der Waals surface area (Å²) in [6, 6.07) is 24.8. The highest BCUT2D eigenvalue weighted by Gasteiger charge is 2.38. The van der Waals surface area contributed by atoms with Crippen LogP contribution in [0.1, 0.15) is 49.4 Å². The summed E-state index contributed by atoms with van der Waals surface area (Å²) in [6.07, 6.45) is 4.71. The number of benzene rings is 4. The zero-order valence-corrected chi connectivity index (χ0v) is 21.8. The molecule has 6 nitrogen and oxygen atoms in total. The van der Waals surface area contributed by atoms with Gasteiger partial charge in [0.15, 0.2) is 5.66 Å². The van der Waals surface area contributed by atoms with Crippen molar-refractivity contribution in [3.63, 3.8) is 0 Å². The molecule has 0 radical (unpaired) electrons. The van der Waals surface area contributed by atoms with E-state index in [9.17, 15) is 19.1 Å². The minimum atomic E-state index is -4.83. The van der Waals surface area contributed by atoms with E-state index in [1.54, 1.807) is 24.3 Å². The molecule has 0 aromatic heterocycles. The van der Waals surface area contributed by atoms with Crippen LogP contribution in [0.4, 0.5) is 5.69 Å². The lowest BCUT2D eigenvalue weighted by Crippen LogP contribution is -2.33. The number of anilines is 1. The fourth-order valence-electron chi connectivity index (χ4n) is 5.59. The summed E-state index contributed by atoms with van der Waals surface area (Å²) in [5.74, 6) is -0.0285. The zero-order valence-electron chi connectivity index (χ0n) is 20.9. The normalized spacial score (nSPS) is 19.1. The third-order valence-corrected chi connectivity index (χ3v) is 8.64. The summed E-state index contributed by atoms with van der Waals surface area (Å²) >= 11 is 0. The van der Waals surface area contributed by atoms with Gasteiger partial charge in [-0.25, -0.2) is 0 Å². The van der Waals surface area contributed by atoms with Crippen molar-refractivity contribution in [3.05, 3.63) is 90.0 Å². The number of hydrogen-bond acceptors (Lipinski definition) is 3. The van der Waals surface area contributed by atoms with Gasteiger partial charge in [-0.3, -0.25) is 9.36 Å². The second-order valence-electron chi connectivity index (χ2n) is 10.3. The maximum absolute atomic E-state index is 13.6. The molecule has 0 saturated heterocycles. The molecule has 0 bridgehead atoms. The smallest absolute Gasteiger partial charge is 0.325 e. The van der Waals surface area contributed by atoms with Crippen molar-refractivity contribution in [1.82, 2.24) is 5.32 Å². The van der Waals surface area contributed by atoms with Crippen LogP contribution in [0.5, 0.6) is 0 Å². The molecule has 0 spiro atoms. The Morgan fingerprint density at radius 1 is 0.946 bits per heavy atom. The van der Waals surface area contributed by atoms with Gasteiger partial charge in [-0.15, -0.1) is 0 Å². The Labute approximate surface area is 217 Å². The Balaban J connectivity index is 1.49. The number of carbonyl (C=O) groups excluding carboxylic acids is 1. The molecule has 0 heterocycles. The highest BCUT2D eigenvalue weighted by Crippen LogP contribution is 2.53. The first kappa shape index (κ1) is 25.6. The van der Waals surface area contributed by atoms with Crippen LogP contribution in [-0.2, 0) is 15.9 Å². The highest BCUT2D eigenvalue weighted by molar-refractivity contribution is 7.53. The second kappa shape index (κ2) is 10.8. The predicted molar refractivity (Wildman–Crippen MR) is 150 cm³/mol. The number of amides is 1. The lowest BCUT2D eigenvalue weighted by Gasteiger charge is -2.28. The van der Waals surface area contributed by atoms with Crippen LogP contribution in [0.15, 0.2) is 78.9 Å². The Morgan fingerprint density at radius 3 is 2.35 bits per heavy atom.